The van der Waals surface area contributed by atoms with Gasteiger partial charge in [-0.2, -0.15) is 0 Å². The molecule has 0 saturated heterocycles. The number of hydrogen-bond donors (Lipinski definition) is 1. The molecular weight excluding hydrogens is 249 g/mol. The molecule has 1 N–H and O–H groups in total. The van der Waals surface area contributed by atoms with E-state index < -0.39 is 0 Å². The van der Waals surface area contributed by atoms with Crippen molar-refractivity contribution in [3.05, 3.63) is 35.6 Å². The van der Waals surface area contributed by atoms with Crippen molar-refractivity contribution in [2.45, 2.75) is 47.0 Å². The predicted molar refractivity (Wildman–Crippen MR) is 85.4 cm³/mol. The zero-order chi connectivity index (χ0) is 15.0. The molecule has 0 radical (unpaired) electrons. The van der Waals surface area contributed by atoms with Crippen LogP contribution in [0.3, 0.4) is 0 Å². The first-order valence-electron chi connectivity index (χ1n) is 7.97. The van der Waals surface area contributed by atoms with E-state index >= 15 is 0 Å². The minimum Gasteiger partial charge on any atom is -0.316 e. The largest absolute Gasteiger partial charge is 0.316 e. The van der Waals surface area contributed by atoms with Crippen LogP contribution in [0.25, 0.3) is 0 Å². The molecule has 0 fully saturated rings. The number of rotatable bonds is 9. The van der Waals surface area contributed by atoms with Crippen molar-refractivity contribution in [2.75, 3.05) is 13.1 Å². The van der Waals surface area contributed by atoms with E-state index in [0.717, 1.165) is 31.5 Å². The molecule has 2 atom stereocenters. The smallest absolute Gasteiger partial charge is 0.126 e. The Morgan fingerprint density at radius 3 is 2.40 bits per heavy atom. The fourth-order valence-corrected chi connectivity index (χ4v) is 2.53. The van der Waals surface area contributed by atoms with Gasteiger partial charge in [0, 0.05) is 0 Å². The van der Waals surface area contributed by atoms with Gasteiger partial charge >= 0.3 is 0 Å². The van der Waals surface area contributed by atoms with Crippen LogP contribution < -0.4 is 5.32 Å². The highest BCUT2D eigenvalue weighted by Gasteiger charge is 2.15. The van der Waals surface area contributed by atoms with Gasteiger partial charge in [-0.1, -0.05) is 52.3 Å². The van der Waals surface area contributed by atoms with E-state index in [1.807, 2.05) is 12.1 Å². The predicted octanol–water partition coefficient (Wildman–Crippen LogP) is 4.67. The highest BCUT2D eigenvalue weighted by atomic mass is 19.1. The Morgan fingerprint density at radius 2 is 1.80 bits per heavy atom. The molecule has 0 aliphatic carbocycles. The zero-order valence-electron chi connectivity index (χ0n) is 13.5. The summed E-state index contributed by atoms with van der Waals surface area (Å²) in [4.78, 5) is 0. The summed E-state index contributed by atoms with van der Waals surface area (Å²) in [6.45, 7) is 11.0. The number of benzene rings is 1. The average molecular weight is 279 g/mol. The quantitative estimate of drug-likeness (QED) is 0.693. The lowest BCUT2D eigenvalue weighted by molar-refractivity contribution is 0.353. The normalized spacial score (nSPS) is 14.5. The Bertz CT molecular complexity index is 375. The lowest BCUT2D eigenvalue weighted by Gasteiger charge is -2.22. The molecule has 0 bridgehead atoms. The van der Waals surface area contributed by atoms with Gasteiger partial charge in [0.2, 0.25) is 0 Å². The van der Waals surface area contributed by atoms with E-state index in [0.29, 0.717) is 17.8 Å². The summed E-state index contributed by atoms with van der Waals surface area (Å²) in [7, 11) is 0. The number of hydrogen-bond acceptors (Lipinski definition) is 1. The number of nitrogens with one attached hydrogen (secondary N) is 1. The van der Waals surface area contributed by atoms with Gasteiger partial charge in [0.15, 0.2) is 0 Å². The van der Waals surface area contributed by atoms with E-state index in [-0.39, 0.29) is 5.82 Å². The minimum atomic E-state index is -0.0643. The highest BCUT2D eigenvalue weighted by Crippen LogP contribution is 2.20. The molecule has 0 heterocycles. The van der Waals surface area contributed by atoms with E-state index in [4.69, 9.17) is 0 Å². The van der Waals surface area contributed by atoms with Crippen LogP contribution in [0.15, 0.2) is 24.3 Å². The Labute approximate surface area is 124 Å². The van der Waals surface area contributed by atoms with Crippen molar-refractivity contribution in [1.82, 2.24) is 5.32 Å². The molecule has 0 spiro atoms. The number of halogens is 1. The van der Waals surface area contributed by atoms with Crippen LogP contribution in [-0.2, 0) is 6.42 Å². The summed E-state index contributed by atoms with van der Waals surface area (Å²) in [5.41, 5.74) is 0.854. The van der Waals surface area contributed by atoms with Crippen LogP contribution in [-0.4, -0.2) is 13.1 Å². The molecule has 1 aromatic rings. The first-order chi connectivity index (χ1) is 9.52. The van der Waals surface area contributed by atoms with Crippen LogP contribution in [0.1, 0.15) is 46.1 Å². The van der Waals surface area contributed by atoms with Crippen LogP contribution >= 0.6 is 0 Å². The Kier molecular flexibility index (Phi) is 7.83. The van der Waals surface area contributed by atoms with Crippen molar-refractivity contribution in [1.29, 1.82) is 0 Å². The maximum absolute atomic E-state index is 13.8. The second-order valence-electron chi connectivity index (χ2n) is 6.46. The highest BCUT2D eigenvalue weighted by molar-refractivity contribution is 5.17. The van der Waals surface area contributed by atoms with Crippen molar-refractivity contribution in [2.24, 2.45) is 17.8 Å². The zero-order valence-corrected chi connectivity index (χ0v) is 13.5. The van der Waals surface area contributed by atoms with Gasteiger partial charge in [-0.3, -0.25) is 0 Å². The third-order valence-electron chi connectivity index (χ3n) is 3.88. The second-order valence-corrected chi connectivity index (χ2v) is 6.46. The summed E-state index contributed by atoms with van der Waals surface area (Å²) < 4.78 is 13.8. The molecule has 0 amide bonds. The lowest BCUT2D eigenvalue weighted by atomic mass is 9.88. The van der Waals surface area contributed by atoms with Crippen LogP contribution in [0.5, 0.6) is 0 Å². The molecule has 1 nitrogen and oxygen atoms in total. The molecule has 1 rings (SSSR count). The summed E-state index contributed by atoms with van der Waals surface area (Å²) in [5.74, 6) is 1.81. The van der Waals surface area contributed by atoms with Gasteiger partial charge in [0.05, 0.1) is 0 Å². The second kappa shape index (κ2) is 9.12. The van der Waals surface area contributed by atoms with E-state index in [1.54, 1.807) is 12.1 Å². The van der Waals surface area contributed by atoms with Crippen LogP contribution in [0.2, 0.25) is 0 Å². The molecule has 0 saturated carbocycles. The Hall–Kier alpha value is -0.890. The molecule has 20 heavy (non-hydrogen) atoms. The van der Waals surface area contributed by atoms with E-state index in [9.17, 15) is 4.39 Å². The minimum absolute atomic E-state index is 0.0643. The molecular formula is C18H30FN. The third kappa shape index (κ3) is 6.51. The summed E-state index contributed by atoms with van der Waals surface area (Å²) in [5, 5.41) is 3.53. The molecule has 2 unspecified atom stereocenters. The van der Waals surface area contributed by atoms with Gasteiger partial charge in [0.1, 0.15) is 5.82 Å². The van der Waals surface area contributed by atoms with Crippen molar-refractivity contribution < 1.29 is 4.39 Å². The van der Waals surface area contributed by atoms with Gasteiger partial charge in [0.25, 0.3) is 0 Å². The molecule has 1 aromatic carbocycles. The SMILES string of the molecule is CCC(C)CC(CNCC(C)C)Cc1ccccc1F. The van der Waals surface area contributed by atoms with E-state index in [2.05, 4.69) is 33.0 Å². The summed E-state index contributed by atoms with van der Waals surface area (Å²) in [6.07, 6.45) is 3.19. The monoisotopic (exact) mass is 279 g/mol. The Morgan fingerprint density at radius 1 is 1.10 bits per heavy atom. The first kappa shape index (κ1) is 17.2. The van der Waals surface area contributed by atoms with Gasteiger partial charge in [-0.05, 0) is 55.3 Å². The lowest BCUT2D eigenvalue weighted by Crippen LogP contribution is -2.28. The topological polar surface area (TPSA) is 12.0 Å². The summed E-state index contributed by atoms with van der Waals surface area (Å²) in [6, 6.07) is 7.18. The van der Waals surface area contributed by atoms with Gasteiger partial charge in [-0.25, -0.2) is 4.39 Å². The molecule has 0 aliphatic rings. The molecule has 114 valence electrons. The van der Waals surface area contributed by atoms with Gasteiger partial charge < -0.3 is 5.32 Å². The van der Waals surface area contributed by atoms with E-state index in [1.165, 1.54) is 6.42 Å². The third-order valence-corrected chi connectivity index (χ3v) is 3.88. The molecule has 0 aromatic heterocycles. The van der Waals surface area contributed by atoms with Crippen molar-refractivity contribution in [3.8, 4) is 0 Å². The van der Waals surface area contributed by atoms with Crippen LogP contribution in [0.4, 0.5) is 4.39 Å². The Balaban J connectivity index is 2.59. The molecule has 0 aliphatic heterocycles. The fraction of sp³-hybridized carbons (Fsp3) is 0.667. The average Bonchev–Trinajstić information content (AvgIpc) is 2.40. The standard InChI is InChI=1S/C18H30FN/c1-5-15(4)10-16(13-20-12-14(2)3)11-17-8-6-7-9-18(17)19/h6-9,14-16,20H,5,10-13H2,1-4H3. The summed E-state index contributed by atoms with van der Waals surface area (Å²) >= 11 is 0. The maximum atomic E-state index is 13.8. The fourth-order valence-electron chi connectivity index (χ4n) is 2.53. The van der Waals surface area contributed by atoms with Gasteiger partial charge in [-0.15, -0.1) is 0 Å². The molecule has 2 heteroatoms. The van der Waals surface area contributed by atoms with Crippen molar-refractivity contribution in [3.63, 3.8) is 0 Å². The first-order valence-corrected chi connectivity index (χ1v) is 7.97. The maximum Gasteiger partial charge on any atom is 0.126 e. The van der Waals surface area contributed by atoms with Crippen LogP contribution in [0, 0.1) is 23.6 Å². The van der Waals surface area contributed by atoms with Crippen molar-refractivity contribution >= 4 is 0 Å².